The van der Waals surface area contributed by atoms with Crippen LogP contribution in [-0.4, -0.2) is 28.1 Å². The minimum absolute atomic E-state index is 0.0499. The zero-order valence-electron chi connectivity index (χ0n) is 11.2. The van der Waals surface area contributed by atoms with Gasteiger partial charge in [0.25, 0.3) is 0 Å². The van der Waals surface area contributed by atoms with Crippen molar-refractivity contribution >= 4 is 33.2 Å². The Morgan fingerprint density at radius 2 is 2.14 bits per heavy atom. The van der Waals surface area contributed by atoms with Crippen molar-refractivity contribution in [2.45, 2.75) is 0 Å². The van der Waals surface area contributed by atoms with Crippen LogP contribution in [0.2, 0.25) is 0 Å². The SMILES string of the molecule is COc1cc(Br)cc(/C=N/n2cnc3ccccc32)c1O. The number of phenols is 1. The molecule has 0 fully saturated rings. The van der Waals surface area contributed by atoms with Gasteiger partial charge in [0.15, 0.2) is 11.5 Å². The lowest BCUT2D eigenvalue weighted by Crippen LogP contribution is -1.92. The lowest BCUT2D eigenvalue weighted by Gasteiger charge is -2.06. The van der Waals surface area contributed by atoms with E-state index in [1.807, 2.05) is 24.3 Å². The number of fused-ring (bicyclic) bond motifs is 1. The Balaban J connectivity index is 2.02. The maximum absolute atomic E-state index is 10.1. The molecule has 0 spiro atoms. The lowest BCUT2D eigenvalue weighted by molar-refractivity contribution is 0.373. The van der Waals surface area contributed by atoms with E-state index < -0.39 is 0 Å². The molecule has 21 heavy (non-hydrogen) atoms. The Kier molecular flexibility index (Phi) is 3.62. The molecule has 0 amide bonds. The van der Waals surface area contributed by atoms with Crippen molar-refractivity contribution < 1.29 is 9.84 Å². The number of phenolic OH excluding ortho intramolecular Hbond substituents is 1. The summed E-state index contributed by atoms with van der Waals surface area (Å²) >= 11 is 3.37. The van der Waals surface area contributed by atoms with E-state index in [1.54, 1.807) is 29.4 Å². The molecule has 0 unspecified atom stereocenters. The number of hydrogen-bond donors (Lipinski definition) is 1. The number of para-hydroxylation sites is 2. The highest BCUT2D eigenvalue weighted by Gasteiger charge is 2.08. The Bertz CT molecular complexity index is 827. The second-order valence-electron chi connectivity index (χ2n) is 4.37. The number of aromatic nitrogens is 2. The van der Waals surface area contributed by atoms with E-state index in [0.717, 1.165) is 15.5 Å². The van der Waals surface area contributed by atoms with Crippen molar-refractivity contribution in [3.63, 3.8) is 0 Å². The largest absolute Gasteiger partial charge is 0.504 e. The fraction of sp³-hybridized carbons (Fsp3) is 0.0667. The van der Waals surface area contributed by atoms with Crippen LogP contribution in [0.1, 0.15) is 5.56 Å². The molecule has 106 valence electrons. The number of aromatic hydroxyl groups is 1. The molecule has 3 aromatic rings. The van der Waals surface area contributed by atoms with E-state index in [-0.39, 0.29) is 5.75 Å². The van der Waals surface area contributed by atoms with Crippen molar-refractivity contribution in [1.29, 1.82) is 0 Å². The number of rotatable bonds is 3. The molecular weight excluding hydrogens is 334 g/mol. The first-order valence-corrected chi connectivity index (χ1v) is 7.01. The number of benzene rings is 2. The number of hydrogen-bond acceptors (Lipinski definition) is 4. The number of halogens is 1. The summed E-state index contributed by atoms with van der Waals surface area (Å²) in [6.07, 6.45) is 3.20. The summed E-state index contributed by atoms with van der Waals surface area (Å²) < 4.78 is 7.57. The minimum atomic E-state index is 0.0499. The Labute approximate surface area is 129 Å². The first-order chi connectivity index (χ1) is 10.2. The number of nitrogens with zero attached hydrogens (tertiary/aromatic N) is 3. The van der Waals surface area contributed by atoms with E-state index in [1.165, 1.54) is 7.11 Å². The number of methoxy groups -OCH3 is 1. The van der Waals surface area contributed by atoms with Crippen LogP contribution >= 0.6 is 15.9 Å². The highest BCUT2D eigenvalue weighted by atomic mass is 79.9. The third-order valence-corrected chi connectivity index (χ3v) is 3.50. The normalized spacial score (nSPS) is 11.3. The summed E-state index contributed by atoms with van der Waals surface area (Å²) in [5, 5.41) is 14.4. The van der Waals surface area contributed by atoms with Gasteiger partial charge in [-0.15, -0.1) is 0 Å². The zero-order chi connectivity index (χ0) is 14.8. The van der Waals surface area contributed by atoms with Gasteiger partial charge in [-0.05, 0) is 24.3 Å². The quantitative estimate of drug-likeness (QED) is 0.740. The standard InChI is InChI=1S/C15H12BrN3O2/c1-21-14-7-11(16)6-10(15(14)20)8-18-19-9-17-12-4-2-3-5-13(12)19/h2-9,20H,1H3/b18-8+. The van der Waals surface area contributed by atoms with E-state index in [0.29, 0.717) is 11.3 Å². The summed E-state index contributed by atoms with van der Waals surface area (Å²) in [7, 11) is 1.51. The van der Waals surface area contributed by atoms with Crippen molar-refractivity contribution in [3.05, 3.63) is 52.8 Å². The summed E-state index contributed by atoms with van der Waals surface area (Å²) in [6, 6.07) is 11.2. The summed E-state index contributed by atoms with van der Waals surface area (Å²) in [5.74, 6) is 0.440. The van der Waals surface area contributed by atoms with Crippen molar-refractivity contribution in [2.24, 2.45) is 5.10 Å². The lowest BCUT2D eigenvalue weighted by atomic mass is 10.2. The topological polar surface area (TPSA) is 59.6 Å². The molecule has 1 N–H and O–H groups in total. The first-order valence-electron chi connectivity index (χ1n) is 6.22. The minimum Gasteiger partial charge on any atom is -0.504 e. The van der Waals surface area contributed by atoms with Crippen LogP contribution in [0.4, 0.5) is 0 Å². The van der Waals surface area contributed by atoms with Gasteiger partial charge in [0.2, 0.25) is 0 Å². The van der Waals surface area contributed by atoms with Crippen LogP contribution in [-0.2, 0) is 0 Å². The van der Waals surface area contributed by atoms with E-state index in [9.17, 15) is 5.11 Å². The predicted molar refractivity (Wildman–Crippen MR) is 85.1 cm³/mol. The summed E-state index contributed by atoms with van der Waals surface area (Å²) in [4.78, 5) is 4.26. The van der Waals surface area contributed by atoms with Gasteiger partial charge in [0.05, 0.1) is 24.4 Å². The molecule has 5 nitrogen and oxygen atoms in total. The van der Waals surface area contributed by atoms with Gasteiger partial charge < -0.3 is 9.84 Å². The van der Waals surface area contributed by atoms with Gasteiger partial charge in [0.1, 0.15) is 6.33 Å². The number of imidazole rings is 1. The second kappa shape index (κ2) is 5.57. The molecule has 0 aliphatic carbocycles. The van der Waals surface area contributed by atoms with Crippen LogP contribution in [0.15, 0.2) is 52.3 Å². The van der Waals surface area contributed by atoms with Crippen molar-refractivity contribution in [1.82, 2.24) is 9.66 Å². The van der Waals surface area contributed by atoms with Crippen LogP contribution < -0.4 is 4.74 Å². The average Bonchev–Trinajstić information content (AvgIpc) is 2.91. The van der Waals surface area contributed by atoms with E-state index in [4.69, 9.17) is 4.74 Å². The summed E-state index contributed by atoms with van der Waals surface area (Å²) in [5.41, 5.74) is 2.32. The smallest absolute Gasteiger partial charge is 0.166 e. The zero-order valence-corrected chi connectivity index (χ0v) is 12.8. The van der Waals surface area contributed by atoms with Gasteiger partial charge in [-0.25, -0.2) is 9.66 Å². The molecule has 0 radical (unpaired) electrons. The fourth-order valence-electron chi connectivity index (χ4n) is 2.01. The second-order valence-corrected chi connectivity index (χ2v) is 5.28. The first kappa shape index (κ1) is 13.6. The van der Waals surface area contributed by atoms with Crippen LogP contribution in [0.5, 0.6) is 11.5 Å². The molecule has 1 heterocycles. The van der Waals surface area contributed by atoms with Crippen LogP contribution in [0.25, 0.3) is 11.0 Å². The van der Waals surface area contributed by atoms with Crippen LogP contribution in [0.3, 0.4) is 0 Å². The van der Waals surface area contributed by atoms with Gasteiger partial charge >= 0.3 is 0 Å². The monoisotopic (exact) mass is 345 g/mol. The van der Waals surface area contributed by atoms with Crippen LogP contribution in [0, 0.1) is 0 Å². The van der Waals surface area contributed by atoms with E-state index >= 15 is 0 Å². The van der Waals surface area contributed by atoms with Gasteiger partial charge in [-0.1, -0.05) is 28.1 Å². The molecule has 0 atom stereocenters. The number of ether oxygens (including phenoxy) is 1. The van der Waals surface area contributed by atoms with Crippen molar-refractivity contribution in [3.8, 4) is 11.5 Å². The van der Waals surface area contributed by atoms with Crippen molar-refractivity contribution in [2.75, 3.05) is 7.11 Å². The molecule has 0 bridgehead atoms. The molecule has 0 aliphatic heterocycles. The molecule has 0 saturated carbocycles. The fourth-order valence-corrected chi connectivity index (χ4v) is 2.47. The predicted octanol–water partition coefficient (Wildman–Crippen LogP) is 3.40. The third kappa shape index (κ3) is 2.62. The van der Waals surface area contributed by atoms with Gasteiger partial charge in [-0.3, -0.25) is 0 Å². The third-order valence-electron chi connectivity index (χ3n) is 3.05. The summed E-state index contributed by atoms with van der Waals surface area (Å²) in [6.45, 7) is 0. The molecular formula is C15H12BrN3O2. The van der Waals surface area contributed by atoms with Gasteiger partial charge in [0, 0.05) is 10.0 Å². The highest BCUT2D eigenvalue weighted by molar-refractivity contribution is 9.10. The molecule has 0 saturated heterocycles. The molecule has 0 aliphatic rings. The maximum atomic E-state index is 10.1. The Hall–Kier alpha value is -2.34. The average molecular weight is 346 g/mol. The Morgan fingerprint density at radius 3 is 2.95 bits per heavy atom. The highest BCUT2D eigenvalue weighted by Crippen LogP contribution is 2.32. The molecule has 6 heteroatoms. The molecule has 3 rings (SSSR count). The molecule has 2 aromatic carbocycles. The molecule has 1 aromatic heterocycles. The Morgan fingerprint density at radius 1 is 1.33 bits per heavy atom. The van der Waals surface area contributed by atoms with E-state index in [2.05, 4.69) is 26.0 Å². The van der Waals surface area contributed by atoms with Gasteiger partial charge in [-0.2, -0.15) is 5.10 Å². The maximum Gasteiger partial charge on any atom is 0.166 e.